The predicted molar refractivity (Wildman–Crippen MR) is 64.6 cm³/mol. The number of pyridine rings is 1. The summed E-state index contributed by atoms with van der Waals surface area (Å²) in [5.41, 5.74) is -0.146. The first kappa shape index (κ1) is 13.8. The van der Waals surface area contributed by atoms with E-state index in [1.54, 1.807) is 18.3 Å². The monoisotopic (exact) mass is 240 g/mol. The number of hydrogen-bond acceptors (Lipinski definition) is 3. The Morgan fingerprint density at radius 1 is 1.35 bits per heavy atom. The molecule has 96 valence electrons. The Hall–Kier alpha value is -1.29. The summed E-state index contributed by atoms with van der Waals surface area (Å²) in [6.45, 7) is 9.37. The zero-order valence-corrected chi connectivity index (χ0v) is 11.0. The van der Waals surface area contributed by atoms with Gasteiger partial charge in [-0.2, -0.15) is 0 Å². The molecule has 0 aromatic carbocycles. The molecule has 1 rings (SSSR count). The van der Waals surface area contributed by atoms with Gasteiger partial charge in [0, 0.05) is 10.8 Å². The van der Waals surface area contributed by atoms with Crippen molar-refractivity contribution in [3.63, 3.8) is 0 Å². The number of aromatic nitrogens is 1. The molecule has 0 bridgehead atoms. The third-order valence-corrected chi connectivity index (χ3v) is 2.95. The summed E-state index contributed by atoms with van der Waals surface area (Å²) in [5.74, 6) is 0.631. The van der Waals surface area contributed by atoms with Crippen molar-refractivity contribution in [1.29, 1.82) is 0 Å². The summed E-state index contributed by atoms with van der Waals surface area (Å²) in [5, 5.41) is 9.24. The average molecular weight is 240 g/mol. The maximum absolute atomic E-state index is 9.24. The lowest BCUT2D eigenvalue weighted by molar-refractivity contribution is -0.891. The van der Waals surface area contributed by atoms with Crippen LogP contribution in [0, 0.1) is 5.92 Å². The Balaban J connectivity index is 2.29. The minimum absolute atomic E-state index is 0.146. The number of nitrogens with zero attached hydrogens (tertiary/aromatic N) is 1. The van der Waals surface area contributed by atoms with Crippen molar-refractivity contribution >= 4 is 0 Å². The number of hydrogen-bond donors (Lipinski definition) is 1. The normalized spacial score (nSPS) is 11.8. The van der Waals surface area contributed by atoms with Gasteiger partial charge < -0.3 is 9.84 Å². The van der Waals surface area contributed by atoms with Gasteiger partial charge in [-0.25, -0.2) is 0 Å². The lowest BCUT2D eigenvalue weighted by Gasteiger charge is -2.29. The largest absolute Gasteiger partial charge is 0.503 e. The first-order valence-corrected chi connectivity index (χ1v) is 5.89. The molecule has 1 heterocycles. The molecule has 4 nitrogen and oxygen atoms in total. The van der Waals surface area contributed by atoms with E-state index in [-0.39, 0.29) is 11.4 Å². The van der Waals surface area contributed by atoms with Gasteiger partial charge in [0.1, 0.15) is 0 Å². The quantitative estimate of drug-likeness (QED) is 0.606. The molecule has 0 saturated carbocycles. The lowest BCUT2D eigenvalue weighted by Crippen LogP contribution is -2.44. The van der Waals surface area contributed by atoms with Crippen LogP contribution >= 0.6 is 0 Å². The molecule has 0 amide bonds. The third-order valence-electron chi connectivity index (χ3n) is 2.95. The molecule has 0 aliphatic rings. The average Bonchev–Trinajstić information content (AvgIpc) is 2.24. The molecule has 0 fully saturated rings. The number of rotatable bonds is 6. The van der Waals surface area contributed by atoms with E-state index in [0.29, 0.717) is 19.1 Å². The Labute approximate surface area is 103 Å². The Kier molecular flexibility index (Phi) is 4.75. The molecule has 1 aromatic rings. The molecule has 0 spiro atoms. The minimum Gasteiger partial charge on any atom is -0.503 e. The fourth-order valence-corrected chi connectivity index (χ4v) is 1.14. The van der Waals surface area contributed by atoms with Crippen molar-refractivity contribution in [3.8, 4) is 5.75 Å². The van der Waals surface area contributed by atoms with Crippen molar-refractivity contribution < 1.29 is 19.4 Å². The topological polar surface area (TPSA) is 42.6 Å². The van der Waals surface area contributed by atoms with Gasteiger partial charge in [-0.1, -0.05) is 13.8 Å². The van der Waals surface area contributed by atoms with Gasteiger partial charge in [-0.3, -0.25) is 4.84 Å². The van der Waals surface area contributed by atoms with E-state index < -0.39 is 0 Å². The zero-order valence-electron chi connectivity index (χ0n) is 11.0. The van der Waals surface area contributed by atoms with Crippen LogP contribution in [0.3, 0.4) is 0 Å². The summed E-state index contributed by atoms with van der Waals surface area (Å²) in [4.78, 5) is 5.39. The van der Waals surface area contributed by atoms with Crippen LogP contribution in [0.2, 0.25) is 0 Å². The highest BCUT2D eigenvalue weighted by molar-refractivity contribution is 5.09. The zero-order chi connectivity index (χ0) is 12.9. The van der Waals surface area contributed by atoms with E-state index in [4.69, 9.17) is 9.57 Å². The Bertz CT molecular complexity index is 350. The maximum atomic E-state index is 9.24. The van der Waals surface area contributed by atoms with Crippen molar-refractivity contribution in [1.82, 2.24) is 0 Å². The van der Waals surface area contributed by atoms with Crippen LogP contribution in [0.15, 0.2) is 24.5 Å². The fourth-order valence-electron chi connectivity index (χ4n) is 1.14. The first-order valence-electron chi connectivity index (χ1n) is 5.89. The second-order valence-electron chi connectivity index (χ2n) is 4.86. The van der Waals surface area contributed by atoms with Crippen LogP contribution in [0.1, 0.15) is 27.7 Å². The highest BCUT2D eigenvalue weighted by Crippen LogP contribution is 2.19. The summed E-state index contributed by atoms with van der Waals surface area (Å²) >= 11 is 0. The molecule has 0 aliphatic heterocycles. The summed E-state index contributed by atoms with van der Waals surface area (Å²) < 4.78 is 7.22. The van der Waals surface area contributed by atoms with Gasteiger partial charge in [0.15, 0.2) is 12.4 Å². The molecule has 0 radical (unpaired) electrons. The van der Waals surface area contributed by atoms with E-state index in [2.05, 4.69) is 27.7 Å². The van der Waals surface area contributed by atoms with Crippen molar-refractivity contribution in [2.75, 3.05) is 13.2 Å². The summed E-state index contributed by atoms with van der Waals surface area (Å²) in [7, 11) is 0. The first-order chi connectivity index (χ1) is 7.92. The van der Waals surface area contributed by atoms with Gasteiger partial charge in [-0.05, 0) is 25.8 Å². The number of ether oxygens (including phenoxy) is 1. The van der Waals surface area contributed by atoms with Crippen LogP contribution in [-0.2, 0) is 4.74 Å². The van der Waals surface area contributed by atoms with E-state index in [9.17, 15) is 5.11 Å². The van der Waals surface area contributed by atoms with E-state index in [1.807, 2.05) is 0 Å². The molecule has 0 saturated heterocycles. The van der Waals surface area contributed by atoms with E-state index in [0.717, 1.165) is 0 Å². The second kappa shape index (κ2) is 5.87. The van der Waals surface area contributed by atoms with Gasteiger partial charge >= 0.3 is 0 Å². The molecular weight excluding hydrogens is 218 g/mol. The summed E-state index contributed by atoms with van der Waals surface area (Å²) in [6, 6.07) is 3.31. The Morgan fingerprint density at radius 2 is 2.06 bits per heavy atom. The molecule has 0 unspecified atom stereocenters. The maximum Gasteiger partial charge on any atom is 0.263 e. The highest BCUT2D eigenvalue weighted by Gasteiger charge is 2.22. The van der Waals surface area contributed by atoms with Gasteiger partial charge in [-0.15, -0.1) is 0 Å². The highest BCUT2D eigenvalue weighted by atomic mass is 16.7. The van der Waals surface area contributed by atoms with Crippen LogP contribution in [-0.4, -0.2) is 23.9 Å². The fraction of sp³-hybridized carbons (Fsp3) is 0.615. The predicted octanol–water partition coefficient (Wildman–Crippen LogP) is 1.56. The van der Waals surface area contributed by atoms with Crippen LogP contribution in [0.5, 0.6) is 5.75 Å². The van der Waals surface area contributed by atoms with Crippen LogP contribution in [0.4, 0.5) is 0 Å². The van der Waals surface area contributed by atoms with Crippen molar-refractivity contribution in [2.24, 2.45) is 5.92 Å². The molecule has 17 heavy (non-hydrogen) atoms. The summed E-state index contributed by atoms with van der Waals surface area (Å²) in [6.07, 6.45) is 3.24. The molecular formula is C13H22NO3+. The Morgan fingerprint density at radius 3 is 2.65 bits per heavy atom. The van der Waals surface area contributed by atoms with Gasteiger partial charge in [0.05, 0.1) is 12.2 Å². The molecule has 1 aromatic heterocycles. The lowest BCUT2D eigenvalue weighted by atomic mass is 9.95. The minimum atomic E-state index is -0.146. The molecule has 4 heteroatoms. The smallest absolute Gasteiger partial charge is 0.263 e. The van der Waals surface area contributed by atoms with E-state index in [1.165, 1.54) is 10.9 Å². The number of aromatic hydroxyl groups is 1. The van der Waals surface area contributed by atoms with Gasteiger partial charge in [0.25, 0.3) is 6.20 Å². The van der Waals surface area contributed by atoms with Gasteiger partial charge in [0.2, 0.25) is 6.20 Å². The van der Waals surface area contributed by atoms with E-state index >= 15 is 0 Å². The third kappa shape index (κ3) is 4.61. The van der Waals surface area contributed by atoms with Crippen molar-refractivity contribution in [2.45, 2.75) is 33.3 Å². The molecule has 1 N–H and O–H groups in total. The standard InChI is InChI=1S/C13H21NO3/c1-11(2)13(3,4)16-8-9-17-14-7-5-6-12(15)10-14/h5-7,10-11H,8-9H2,1-4H3/p+1. The van der Waals surface area contributed by atoms with Crippen molar-refractivity contribution in [3.05, 3.63) is 24.5 Å². The molecule has 0 atom stereocenters. The van der Waals surface area contributed by atoms with Crippen LogP contribution < -0.4 is 9.57 Å². The molecule has 0 aliphatic carbocycles. The second-order valence-corrected chi connectivity index (χ2v) is 4.86. The van der Waals surface area contributed by atoms with Crippen LogP contribution in [0.25, 0.3) is 0 Å². The SMILES string of the molecule is CC(C)C(C)(C)OCCO[n+]1cccc(O)c1.